The van der Waals surface area contributed by atoms with Gasteiger partial charge in [-0.25, -0.2) is 8.42 Å². The van der Waals surface area contributed by atoms with Gasteiger partial charge in [0.25, 0.3) is 0 Å². The Morgan fingerprint density at radius 2 is 0.850 bits per heavy atom. The van der Waals surface area contributed by atoms with Crippen molar-refractivity contribution in [2.75, 3.05) is 26.2 Å². The molecule has 244 valence electrons. The third-order valence-corrected chi connectivity index (χ3v) is 7.34. The summed E-state index contributed by atoms with van der Waals surface area (Å²) in [6, 6.07) is 0. The van der Waals surface area contributed by atoms with Crippen molar-refractivity contribution in [1.82, 2.24) is 0 Å². The Morgan fingerprint density at radius 1 is 0.525 bits per heavy atom. The van der Waals surface area contributed by atoms with Gasteiger partial charge in [-0.15, -0.1) is 0 Å². The van der Waals surface area contributed by atoms with Crippen LogP contribution in [0.4, 0.5) is 65.9 Å². The number of quaternary nitrogens is 1. The normalized spacial score (nSPS) is 15.1. The van der Waals surface area contributed by atoms with E-state index in [9.17, 15) is 78.8 Å². The second-order valence-corrected chi connectivity index (χ2v) is 10.2. The predicted molar refractivity (Wildman–Crippen MR) is 111 cm³/mol. The Morgan fingerprint density at radius 3 is 1.12 bits per heavy atom. The summed E-state index contributed by atoms with van der Waals surface area (Å²) in [5, 5.41) is -7.63. The third-order valence-electron chi connectivity index (χ3n) is 6.46. The second-order valence-electron chi connectivity index (χ2n) is 8.76. The minimum atomic E-state index is -8.22. The topological polar surface area (TPSA) is 57.2 Å². The molecule has 0 aliphatic heterocycles. The highest BCUT2D eigenvalue weighted by Gasteiger charge is 2.90. The summed E-state index contributed by atoms with van der Waals surface area (Å²) in [7, 11) is -7.89. The van der Waals surface area contributed by atoms with Gasteiger partial charge in [0.15, 0.2) is 10.1 Å². The molecule has 0 aromatic rings. The van der Waals surface area contributed by atoms with E-state index in [4.69, 9.17) is 0 Å². The summed E-state index contributed by atoms with van der Waals surface area (Å²) in [4.78, 5) is 0. The molecule has 40 heavy (non-hydrogen) atoms. The van der Waals surface area contributed by atoms with Gasteiger partial charge in [-0.1, -0.05) is 6.42 Å². The van der Waals surface area contributed by atoms with Gasteiger partial charge >= 0.3 is 41.0 Å². The van der Waals surface area contributed by atoms with Gasteiger partial charge in [0.2, 0.25) is 0 Å². The quantitative estimate of drug-likeness (QED) is 0.0791. The zero-order valence-corrected chi connectivity index (χ0v) is 22.4. The molecular formula is C20H30F15NO3S. The SMILES string of the molecule is CC[N+](CC)(CC)CC.O=S(=O)([O-])C(F)(F)C(F)(F)C(F)(F)C(F)(F)C(F)(F)C(F)(F)CCCCCC(F)(F)F. The number of unbranched alkanes of at least 4 members (excludes halogenated alkanes) is 2. The Bertz CT molecular complexity index is 869. The molecule has 20 heteroatoms. The van der Waals surface area contributed by atoms with E-state index in [-0.39, 0.29) is 0 Å². The first kappa shape index (κ1) is 41.0. The van der Waals surface area contributed by atoms with Crippen molar-refractivity contribution < 1.29 is 83.3 Å². The van der Waals surface area contributed by atoms with Crippen molar-refractivity contribution in [3.05, 3.63) is 0 Å². The van der Waals surface area contributed by atoms with Crippen molar-refractivity contribution in [3.8, 4) is 0 Å². The molecule has 0 radical (unpaired) electrons. The van der Waals surface area contributed by atoms with E-state index in [0.29, 0.717) is 0 Å². The molecule has 0 aromatic heterocycles. The van der Waals surface area contributed by atoms with Gasteiger partial charge in [0.1, 0.15) is 0 Å². The first-order valence-corrected chi connectivity index (χ1v) is 13.0. The van der Waals surface area contributed by atoms with E-state index in [1.165, 1.54) is 30.7 Å². The van der Waals surface area contributed by atoms with Crippen LogP contribution in [0, 0.1) is 0 Å². The highest BCUT2D eigenvalue weighted by Crippen LogP contribution is 2.61. The average molecular weight is 650 g/mol. The van der Waals surface area contributed by atoms with Crippen LogP contribution in [0.1, 0.15) is 59.8 Å². The fourth-order valence-corrected chi connectivity index (χ4v) is 3.75. The fraction of sp³-hybridized carbons (Fsp3) is 1.00. The Kier molecular flexibility index (Phi) is 13.7. The van der Waals surface area contributed by atoms with Gasteiger partial charge < -0.3 is 9.04 Å². The van der Waals surface area contributed by atoms with Crippen LogP contribution < -0.4 is 0 Å². The number of halogens is 15. The van der Waals surface area contributed by atoms with E-state index in [1.807, 2.05) is 0 Å². The monoisotopic (exact) mass is 649 g/mol. The molecule has 0 aromatic carbocycles. The third kappa shape index (κ3) is 8.44. The van der Waals surface area contributed by atoms with Crippen molar-refractivity contribution in [2.24, 2.45) is 0 Å². The number of rotatable bonds is 15. The van der Waals surface area contributed by atoms with E-state index < -0.39 is 83.3 Å². The lowest BCUT2D eigenvalue weighted by Crippen LogP contribution is -2.71. The van der Waals surface area contributed by atoms with Crippen molar-refractivity contribution in [3.63, 3.8) is 0 Å². The van der Waals surface area contributed by atoms with Crippen molar-refractivity contribution in [2.45, 2.75) is 101 Å². The molecule has 0 unspecified atom stereocenters. The standard InChI is InChI=1S/C12H11F15O3S.C8H20N/c13-6(14,4-2-1-3-5-7(15,16)17)8(18,19)9(20,21)10(22,23)11(24,25)12(26,27)31(28,29)30;1-5-9(6-2,7-3)8-4/h1-5H2,(H,28,29,30);5-8H2,1-4H3/q;+1/p-1. The summed E-state index contributed by atoms with van der Waals surface area (Å²) in [5.74, 6) is -38.3. The number of nitrogens with zero attached hydrogens (tertiary/aromatic N) is 1. The van der Waals surface area contributed by atoms with Crippen LogP contribution in [0.5, 0.6) is 0 Å². The fourth-order valence-electron chi connectivity index (χ4n) is 3.31. The van der Waals surface area contributed by atoms with Crippen LogP contribution in [0.15, 0.2) is 0 Å². The summed E-state index contributed by atoms with van der Waals surface area (Å²) in [6.07, 6.45) is -12.4. The van der Waals surface area contributed by atoms with Gasteiger partial charge in [0.05, 0.1) is 26.2 Å². The number of hydrogen-bond donors (Lipinski definition) is 0. The smallest absolute Gasteiger partial charge is 0.402 e. The Hall–Kier alpha value is -1.18. The molecule has 0 aliphatic carbocycles. The maximum Gasteiger partial charge on any atom is 0.402 e. The predicted octanol–water partition coefficient (Wildman–Crippen LogP) is 7.70. The highest BCUT2D eigenvalue weighted by atomic mass is 32.2. The van der Waals surface area contributed by atoms with Crippen molar-refractivity contribution >= 4 is 10.1 Å². The first-order valence-electron chi connectivity index (χ1n) is 11.6. The summed E-state index contributed by atoms with van der Waals surface area (Å²) >= 11 is 0. The minimum absolute atomic E-state index is 0.990. The van der Waals surface area contributed by atoms with Gasteiger partial charge in [0, 0.05) is 12.8 Å². The van der Waals surface area contributed by atoms with E-state index >= 15 is 0 Å². The molecule has 0 spiro atoms. The molecule has 0 saturated heterocycles. The Balaban J connectivity index is 0. The lowest BCUT2D eigenvalue weighted by atomic mass is 9.91. The summed E-state index contributed by atoms with van der Waals surface area (Å²) < 4.78 is 226. The van der Waals surface area contributed by atoms with Crippen LogP contribution in [-0.2, 0) is 10.1 Å². The van der Waals surface area contributed by atoms with Crippen molar-refractivity contribution in [1.29, 1.82) is 0 Å². The van der Waals surface area contributed by atoms with E-state index in [2.05, 4.69) is 27.7 Å². The largest absolute Gasteiger partial charge is 0.743 e. The summed E-state index contributed by atoms with van der Waals surface area (Å²) in [5.41, 5.74) is 0. The summed E-state index contributed by atoms with van der Waals surface area (Å²) in [6.45, 7) is 14.2. The second kappa shape index (κ2) is 13.4. The molecular weight excluding hydrogens is 619 g/mol. The Labute approximate surface area is 221 Å². The van der Waals surface area contributed by atoms with Crippen LogP contribution in [-0.4, -0.2) is 84.7 Å². The van der Waals surface area contributed by atoms with Gasteiger partial charge in [-0.3, -0.25) is 0 Å². The molecule has 0 bridgehead atoms. The molecule has 0 atom stereocenters. The number of hydrogen-bond acceptors (Lipinski definition) is 3. The molecule has 0 heterocycles. The molecule has 0 rings (SSSR count). The molecule has 0 N–H and O–H groups in total. The molecule has 4 nitrogen and oxygen atoms in total. The van der Waals surface area contributed by atoms with Crippen LogP contribution in [0.2, 0.25) is 0 Å². The molecule has 0 saturated carbocycles. The minimum Gasteiger partial charge on any atom is -0.743 e. The van der Waals surface area contributed by atoms with Crippen LogP contribution in [0.3, 0.4) is 0 Å². The number of alkyl halides is 15. The van der Waals surface area contributed by atoms with Gasteiger partial charge in [-0.2, -0.15) is 65.9 Å². The average Bonchev–Trinajstić information content (AvgIpc) is 2.79. The zero-order valence-electron chi connectivity index (χ0n) is 21.6. The highest BCUT2D eigenvalue weighted by molar-refractivity contribution is 7.86. The van der Waals surface area contributed by atoms with E-state index in [1.54, 1.807) is 0 Å². The maximum atomic E-state index is 13.4. The van der Waals surface area contributed by atoms with Gasteiger partial charge in [-0.05, 0) is 40.5 Å². The lowest BCUT2D eigenvalue weighted by Gasteiger charge is -2.41. The zero-order chi connectivity index (χ0) is 32.9. The maximum absolute atomic E-state index is 13.4. The molecule has 0 amide bonds. The first-order chi connectivity index (χ1) is 17.4. The molecule has 0 aliphatic rings. The van der Waals surface area contributed by atoms with Crippen LogP contribution in [0.25, 0.3) is 0 Å². The lowest BCUT2D eigenvalue weighted by molar-refractivity contribution is -0.921. The van der Waals surface area contributed by atoms with Crippen LogP contribution >= 0.6 is 0 Å². The van der Waals surface area contributed by atoms with E-state index in [0.717, 1.165) is 0 Å². The molecule has 0 fully saturated rings.